The van der Waals surface area contributed by atoms with Crippen LogP contribution in [0.25, 0.3) is 0 Å². The lowest BCUT2D eigenvalue weighted by molar-refractivity contribution is -0.0260. The molecule has 1 unspecified atom stereocenters. The summed E-state index contributed by atoms with van der Waals surface area (Å²) >= 11 is 0. The lowest BCUT2D eigenvalue weighted by atomic mass is 10.1. The second-order valence-electron chi connectivity index (χ2n) is 5.15. The molecule has 0 bridgehead atoms. The first-order chi connectivity index (χ1) is 9.13. The van der Waals surface area contributed by atoms with Crippen LogP contribution in [0, 0.1) is 0 Å². The van der Waals surface area contributed by atoms with E-state index >= 15 is 0 Å². The Morgan fingerprint density at radius 1 is 1.58 bits per heavy atom. The molecule has 1 aromatic heterocycles. The van der Waals surface area contributed by atoms with Gasteiger partial charge in [-0.2, -0.15) is 0 Å². The first-order valence-electron chi connectivity index (χ1n) is 6.91. The van der Waals surface area contributed by atoms with Crippen LogP contribution in [0.2, 0.25) is 0 Å². The molecule has 0 aromatic carbocycles. The number of rotatable bonds is 5. The summed E-state index contributed by atoms with van der Waals surface area (Å²) in [4.78, 5) is 14.7. The summed E-state index contributed by atoms with van der Waals surface area (Å²) in [5.74, 6) is -0.0104. The lowest BCUT2D eigenvalue weighted by Gasteiger charge is -2.34. The summed E-state index contributed by atoms with van der Waals surface area (Å²) in [6, 6.07) is 0.429. The second-order valence-corrected chi connectivity index (χ2v) is 5.15. The zero-order valence-electron chi connectivity index (χ0n) is 11.9. The van der Waals surface area contributed by atoms with Crippen molar-refractivity contribution in [2.45, 2.75) is 45.9 Å². The summed E-state index contributed by atoms with van der Waals surface area (Å²) in [5, 5.41) is 7.79. The molecule has 0 saturated carbocycles. The number of aryl methyl sites for hydroxylation is 1. The van der Waals surface area contributed by atoms with Crippen LogP contribution in [0.3, 0.4) is 0 Å². The Morgan fingerprint density at radius 2 is 2.37 bits per heavy atom. The summed E-state index contributed by atoms with van der Waals surface area (Å²) in [7, 11) is 0. The number of carbonyl (C=O) groups is 1. The van der Waals surface area contributed by atoms with Gasteiger partial charge in [-0.05, 0) is 20.3 Å². The summed E-state index contributed by atoms with van der Waals surface area (Å²) < 4.78 is 7.28. The van der Waals surface area contributed by atoms with Crippen LogP contribution in [-0.4, -0.2) is 57.5 Å². The maximum absolute atomic E-state index is 12.5. The smallest absolute Gasteiger partial charge is 0.212 e. The number of ketones is 1. The van der Waals surface area contributed by atoms with Gasteiger partial charge in [-0.15, -0.1) is 5.10 Å². The van der Waals surface area contributed by atoms with Gasteiger partial charge >= 0.3 is 0 Å². The van der Waals surface area contributed by atoms with E-state index in [9.17, 15) is 4.79 Å². The van der Waals surface area contributed by atoms with Crippen LogP contribution in [0.4, 0.5) is 0 Å². The van der Waals surface area contributed by atoms with Gasteiger partial charge in [0.2, 0.25) is 5.78 Å². The van der Waals surface area contributed by atoms with Crippen LogP contribution >= 0.6 is 0 Å². The van der Waals surface area contributed by atoms with Crippen molar-refractivity contribution >= 4 is 5.78 Å². The average molecular weight is 266 g/mol. The minimum atomic E-state index is -0.398. The molecule has 106 valence electrons. The molecule has 2 rings (SSSR count). The molecule has 6 nitrogen and oxygen atoms in total. The number of nitrogens with zero attached hydrogens (tertiary/aromatic N) is 4. The fraction of sp³-hybridized carbons (Fsp3) is 0.769. The van der Waals surface area contributed by atoms with Crippen molar-refractivity contribution in [2.24, 2.45) is 0 Å². The van der Waals surface area contributed by atoms with E-state index in [1.165, 1.54) is 6.20 Å². The third-order valence-electron chi connectivity index (χ3n) is 3.43. The second kappa shape index (κ2) is 6.25. The molecule has 1 fully saturated rings. The van der Waals surface area contributed by atoms with Gasteiger partial charge in [0.1, 0.15) is 11.8 Å². The Labute approximate surface area is 113 Å². The normalized spacial score (nSPS) is 20.9. The quantitative estimate of drug-likeness (QED) is 0.744. The van der Waals surface area contributed by atoms with Gasteiger partial charge in [-0.25, -0.2) is 4.68 Å². The number of ether oxygens (including phenoxy) is 1. The maximum atomic E-state index is 12.5. The van der Waals surface area contributed by atoms with E-state index in [4.69, 9.17) is 4.74 Å². The van der Waals surface area contributed by atoms with E-state index < -0.39 is 6.10 Å². The van der Waals surface area contributed by atoms with Crippen molar-refractivity contribution in [3.8, 4) is 0 Å². The summed E-state index contributed by atoms with van der Waals surface area (Å²) in [5.41, 5.74) is 0.553. The Kier molecular flexibility index (Phi) is 4.66. The van der Waals surface area contributed by atoms with E-state index in [1.807, 2.05) is 6.92 Å². The van der Waals surface area contributed by atoms with Crippen LogP contribution in [0.1, 0.15) is 37.7 Å². The third-order valence-corrected chi connectivity index (χ3v) is 3.43. The Bertz CT molecular complexity index is 430. The topological polar surface area (TPSA) is 60.2 Å². The number of carbonyl (C=O) groups excluding carboxylic acids is 1. The molecule has 0 N–H and O–H groups in total. The minimum Gasteiger partial charge on any atom is -0.367 e. The monoisotopic (exact) mass is 266 g/mol. The molecule has 1 aliphatic heterocycles. The molecular formula is C13H22N4O2. The molecule has 19 heavy (non-hydrogen) atoms. The van der Waals surface area contributed by atoms with E-state index in [-0.39, 0.29) is 5.78 Å². The van der Waals surface area contributed by atoms with Gasteiger partial charge in [0, 0.05) is 25.7 Å². The lowest BCUT2D eigenvalue weighted by Crippen LogP contribution is -2.49. The molecular weight excluding hydrogens is 244 g/mol. The maximum Gasteiger partial charge on any atom is 0.212 e. The fourth-order valence-electron chi connectivity index (χ4n) is 2.29. The van der Waals surface area contributed by atoms with Crippen molar-refractivity contribution < 1.29 is 9.53 Å². The number of Topliss-reactive ketones (excluding diaryl/α,β-unsaturated/α-hetero) is 1. The first kappa shape index (κ1) is 14.1. The molecule has 2 heterocycles. The van der Waals surface area contributed by atoms with E-state index in [1.54, 1.807) is 4.68 Å². The van der Waals surface area contributed by atoms with E-state index in [0.717, 1.165) is 13.0 Å². The molecule has 0 spiro atoms. The first-order valence-corrected chi connectivity index (χ1v) is 6.91. The van der Waals surface area contributed by atoms with Crippen LogP contribution in [0.15, 0.2) is 6.20 Å². The zero-order valence-corrected chi connectivity index (χ0v) is 11.9. The summed E-state index contributed by atoms with van der Waals surface area (Å²) in [6.45, 7) is 9.16. The Balaban J connectivity index is 2.08. The molecule has 1 aromatic rings. The molecule has 1 atom stereocenters. The Hall–Kier alpha value is -1.27. The summed E-state index contributed by atoms with van der Waals surface area (Å²) in [6.07, 6.45) is 2.06. The molecule has 1 aliphatic rings. The molecule has 0 aliphatic carbocycles. The van der Waals surface area contributed by atoms with Gasteiger partial charge in [-0.1, -0.05) is 12.1 Å². The Morgan fingerprint density at radius 3 is 3.05 bits per heavy atom. The molecule has 0 radical (unpaired) electrons. The highest BCUT2D eigenvalue weighted by atomic mass is 16.5. The number of morpholine rings is 1. The van der Waals surface area contributed by atoms with Crippen LogP contribution in [-0.2, 0) is 11.3 Å². The van der Waals surface area contributed by atoms with E-state index in [2.05, 4.69) is 29.1 Å². The SMILES string of the molecule is CCCn1nncc1C(=O)C1CN(C(C)C)CCO1. The van der Waals surface area contributed by atoms with Gasteiger partial charge < -0.3 is 4.74 Å². The van der Waals surface area contributed by atoms with Gasteiger partial charge in [0.25, 0.3) is 0 Å². The number of aromatic nitrogens is 3. The molecule has 0 amide bonds. The van der Waals surface area contributed by atoms with E-state index in [0.29, 0.717) is 31.4 Å². The highest BCUT2D eigenvalue weighted by Crippen LogP contribution is 2.13. The highest BCUT2D eigenvalue weighted by molar-refractivity contribution is 5.98. The van der Waals surface area contributed by atoms with Crippen molar-refractivity contribution in [3.05, 3.63) is 11.9 Å². The molecule has 6 heteroatoms. The van der Waals surface area contributed by atoms with Crippen LogP contribution in [0.5, 0.6) is 0 Å². The third kappa shape index (κ3) is 3.19. The van der Waals surface area contributed by atoms with Crippen molar-refractivity contribution in [3.63, 3.8) is 0 Å². The predicted molar refractivity (Wildman–Crippen MR) is 71.1 cm³/mol. The highest BCUT2D eigenvalue weighted by Gasteiger charge is 2.30. The largest absolute Gasteiger partial charge is 0.367 e. The number of hydrogen-bond acceptors (Lipinski definition) is 5. The van der Waals surface area contributed by atoms with Crippen molar-refractivity contribution in [2.75, 3.05) is 19.7 Å². The standard InChI is InChI=1S/C13H22N4O2/c1-4-5-17-11(8-14-15-17)13(18)12-9-16(10(2)3)6-7-19-12/h8,10,12H,4-7,9H2,1-3H3. The zero-order chi connectivity index (χ0) is 13.8. The van der Waals surface area contributed by atoms with Gasteiger partial charge in [0.05, 0.1) is 12.8 Å². The average Bonchev–Trinajstić information content (AvgIpc) is 2.86. The minimum absolute atomic E-state index is 0.0104. The van der Waals surface area contributed by atoms with Gasteiger partial charge in [-0.3, -0.25) is 9.69 Å². The fourth-order valence-corrected chi connectivity index (χ4v) is 2.29. The van der Waals surface area contributed by atoms with Crippen LogP contribution < -0.4 is 0 Å². The predicted octanol–water partition coefficient (Wildman–Crippen LogP) is 0.980. The molecule has 1 saturated heterocycles. The van der Waals surface area contributed by atoms with Gasteiger partial charge in [0.15, 0.2) is 0 Å². The number of hydrogen-bond donors (Lipinski definition) is 0. The van der Waals surface area contributed by atoms with Crippen molar-refractivity contribution in [1.82, 2.24) is 19.9 Å². The van der Waals surface area contributed by atoms with Crippen molar-refractivity contribution in [1.29, 1.82) is 0 Å².